The summed E-state index contributed by atoms with van der Waals surface area (Å²) in [4.78, 5) is 0. The van der Waals surface area contributed by atoms with E-state index in [9.17, 15) is 0 Å². The molecule has 1 atom stereocenters. The summed E-state index contributed by atoms with van der Waals surface area (Å²) in [5, 5.41) is 0. The zero-order valence-electron chi connectivity index (χ0n) is 19.4. The minimum atomic E-state index is -0.894. The lowest BCUT2D eigenvalue weighted by Gasteiger charge is -2.41. The minimum Gasteiger partial charge on any atom is -0.327 e. The monoisotopic (exact) mass is 396 g/mol. The highest BCUT2D eigenvalue weighted by Gasteiger charge is 2.44. The Bertz CT molecular complexity index is 369. The molecule has 0 aliphatic heterocycles. The van der Waals surface area contributed by atoms with Gasteiger partial charge in [-0.1, -0.05) is 77.9 Å². The molecule has 1 unspecified atom stereocenters. The largest absolute Gasteiger partial charge is 0.327 e. The molecule has 1 aliphatic rings. The summed E-state index contributed by atoms with van der Waals surface area (Å²) in [6.07, 6.45) is 19.4. The first-order valence-corrected chi connectivity index (χ1v) is 12.3. The Morgan fingerprint density at radius 2 is 1.32 bits per heavy atom. The first-order chi connectivity index (χ1) is 13.7. The fraction of sp³-hybridized carbons (Fsp3) is 0.920. The van der Waals surface area contributed by atoms with E-state index in [1.54, 1.807) is 0 Å². The molecular weight excluding hydrogens is 348 g/mol. The van der Waals surface area contributed by atoms with Crippen LogP contribution in [0.5, 0.6) is 0 Å². The van der Waals surface area contributed by atoms with Crippen LogP contribution in [-0.4, -0.2) is 25.8 Å². The van der Waals surface area contributed by atoms with E-state index in [4.69, 9.17) is 14.2 Å². The van der Waals surface area contributed by atoms with E-state index in [-0.39, 0.29) is 5.92 Å². The molecule has 0 N–H and O–H groups in total. The van der Waals surface area contributed by atoms with Gasteiger partial charge in [-0.3, -0.25) is 0 Å². The van der Waals surface area contributed by atoms with Crippen LogP contribution >= 0.6 is 0 Å². The summed E-state index contributed by atoms with van der Waals surface area (Å²) in [5.41, 5.74) is 1.52. The predicted molar refractivity (Wildman–Crippen MR) is 119 cm³/mol. The lowest BCUT2D eigenvalue weighted by Crippen LogP contribution is -2.48. The molecule has 0 amide bonds. The summed E-state index contributed by atoms with van der Waals surface area (Å²) < 4.78 is 19.2. The Morgan fingerprint density at radius 3 is 1.82 bits per heavy atom. The van der Waals surface area contributed by atoms with Crippen molar-refractivity contribution in [3.63, 3.8) is 0 Å². The first-order valence-electron chi connectivity index (χ1n) is 12.3. The molecule has 0 aromatic carbocycles. The van der Waals surface area contributed by atoms with Crippen LogP contribution in [0, 0.1) is 5.92 Å². The highest BCUT2D eigenvalue weighted by molar-refractivity contribution is 5.12. The van der Waals surface area contributed by atoms with Gasteiger partial charge in [0.2, 0.25) is 0 Å². The lowest BCUT2D eigenvalue weighted by atomic mass is 9.83. The molecule has 1 rings (SSSR count). The van der Waals surface area contributed by atoms with Crippen molar-refractivity contribution in [3.05, 3.63) is 11.6 Å². The average molecular weight is 397 g/mol. The van der Waals surface area contributed by atoms with Crippen molar-refractivity contribution >= 4 is 0 Å². The second kappa shape index (κ2) is 16.4. The van der Waals surface area contributed by atoms with E-state index in [0.29, 0.717) is 19.8 Å². The van der Waals surface area contributed by atoms with E-state index >= 15 is 0 Å². The lowest BCUT2D eigenvalue weighted by molar-refractivity contribution is -0.401. The molecule has 166 valence electrons. The number of allylic oxidation sites excluding steroid dienone is 1. The van der Waals surface area contributed by atoms with E-state index in [2.05, 4.69) is 33.8 Å². The molecule has 0 aromatic rings. The SMILES string of the molecule is CCCCCCCCC(C1=CCCCC1)C(OCCC)(OCCC)OCCC. The molecule has 0 aromatic heterocycles. The van der Waals surface area contributed by atoms with Gasteiger partial charge in [0.15, 0.2) is 0 Å². The molecule has 0 saturated carbocycles. The molecular formula is C25H48O3. The fourth-order valence-corrected chi connectivity index (χ4v) is 4.06. The van der Waals surface area contributed by atoms with Crippen molar-refractivity contribution in [2.75, 3.05) is 19.8 Å². The zero-order valence-corrected chi connectivity index (χ0v) is 19.4. The first kappa shape index (κ1) is 25.7. The third-order valence-electron chi connectivity index (χ3n) is 5.57. The van der Waals surface area contributed by atoms with Crippen LogP contribution in [0.3, 0.4) is 0 Å². The minimum absolute atomic E-state index is 0.226. The van der Waals surface area contributed by atoms with Gasteiger partial charge < -0.3 is 14.2 Å². The van der Waals surface area contributed by atoms with Crippen molar-refractivity contribution in [1.82, 2.24) is 0 Å². The summed E-state index contributed by atoms with van der Waals surface area (Å²) in [6, 6.07) is 0. The van der Waals surface area contributed by atoms with Gasteiger partial charge in [0.1, 0.15) is 0 Å². The van der Waals surface area contributed by atoms with Crippen LogP contribution in [-0.2, 0) is 14.2 Å². The van der Waals surface area contributed by atoms with Gasteiger partial charge >= 0.3 is 0 Å². The number of ether oxygens (including phenoxy) is 3. The summed E-state index contributed by atoms with van der Waals surface area (Å²) >= 11 is 0. The van der Waals surface area contributed by atoms with Crippen molar-refractivity contribution in [2.45, 2.75) is 124 Å². The molecule has 0 bridgehead atoms. The van der Waals surface area contributed by atoms with Gasteiger partial charge in [0.25, 0.3) is 5.97 Å². The predicted octanol–water partition coefficient (Wildman–Crippen LogP) is 7.79. The zero-order chi connectivity index (χ0) is 20.5. The molecule has 3 heteroatoms. The van der Waals surface area contributed by atoms with Crippen LogP contribution < -0.4 is 0 Å². The van der Waals surface area contributed by atoms with Crippen molar-refractivity contribution in [2.24, 2.45) is 5.92 Å². The van der Waals surface area contributed by atoms with Crippen molar-refractivity contribution < 1.29 is 14.2 Å². The Labute approximate surface area is 175 Å². The Morgan fingerprint density at radius 1 is 0.750 bits per heavy atom. The van der Waals surface area contributed by atoms with E-state index in [0.717, 1.165) is 25.7 Å². The third-order valence-corrected chi connectivity index (χ3v) is 5.57. The van der Waals surface area contributed by atoms with Gasteiger partial charge in [-0.15, -0.1) is 0 Å². The number of hydrogen-bond donors (Lipinski definition) is 0. The van der Waals surface area contributed by atoms with Gasteiger partial charge in [-0.25, -0.2) is 0 Å². The van der Waals surface area contributed by atoms with E-state index in [1.165, 1.54) is 69.8 Å². The average Bonchev–Trinajstić information content (AvgIpc) is 2.74. The quantitative estimate of drug-likeness (QED) is 0.134. The highest BCUT2D eigenvalue weighted by atomic mass is 16.9. The molecule has 0 spiro atoms. The molecule has 1 aliphatic carbocycles. The maximum absolute atomic E-state index is 6.41. The highest BCUT2D eigenvalue weighted by Crippen LogP contribution is 2.40. The molecule has 0 saturated heterocycles. The van der Waals surface area contributed by atoms with E-state index in [1.807, 2.05) is 0 Å². The summed E-state index contributed by atoms with van der Waals surface area (Å²) in [5.74, 6) is -0.669. The Kier molecular flexibility index (Phi) is 15.0. The maximum atomic E-state index is 6.41. The fourth-order valence-electron chi connectivity index (χ4n) is 4.06. The molecule has 0 fully saturated rings. The topological polar surface area (TPSA) is 27.7 Å². The standard InChI is InChI=1S/C25H48O3/c1-5-9-10-11-12-16-19-24(23-17-14-13-15-18-23)25(26-20-6-2,27-21-7-3)28-22-8-4/h17,24H,5-16,18-22H2,1-4H3. The summed E-state index contributed by atoms with van der Waals surface area (Å²) in [6.45, 7) is 10.8. The van der Waals surface area contributed by atoms with Crippen LogP contribution in [0.4, 0.5) is 0 Å². The molecule has 3 nitrogen and oxygen atoms in total. The van der Waals surface area contributed by atoms with Gasteiger partial charge in [0, 0.05) is 0 Å². The van der Waals surface area contributed by atoms with Crippen LogP contribution in [0.2, 0.25) is 0 Å². The molecule has 28 heavy (non-hydrogen) atoms. The van der Waals surface area contributed by atoms with Crippen molar-refractivity contribution in [1.29, 1.82) is 0 Å². The normalized spacial score (nSPS) is 16.2. The van der Waals surface area contributed by atoms with Gasteiger partial charge in [-0.05, 0) is 51.4 Å². The van der Waals surface area contributed by atoms with Gasteiger partial charge in [0.05, 0.1) is 25.7 Å². The smallest absolute Gasteiger partial charge is 0.289 e. The van der Waals surface area contributed by atoms with Crippen LogP contribution in [0.1, 0.15) is 118 Å². The number of rotatable bonds is 18. The van der Waals surface area contributed by atoms with Gasteiger partial charge in [-0.2, -0.15) is 0 Å². The number of hydrogen-bond acceptors (Lipinski definition) is 3. The Balaban J connectivity index is 2.95. The second-order valence-electron chi connectivity index (χ2n) is 8.28. The Hall–Kier alpha value is -0.380. The molecule has 0 heterocycles. The maximum Gasteiger partial charge on any atom is 0.289 e. The number of unbranched alkanes of at least 4 members (excludes halogenated alkanes) is 5. The van der Waals surface area contributed by atoms with Crippen LogP contribution in [0.25, 0.3) is 0 Å². The second-order valence-corrected chi connectivity index (χ2v) is 8.28. The van der Waals surface area contributed by atoms with Crippen molar-refractivity contribution in [3.8, 4) is 0 Å². The molecule has 0 radical (unpaired) electrons. The van der Waals surface area contributed by atoms with Crippen LogP contribution in [0.15, 0.2) is 11.6 Å². The third kappa shape index (κ3) is 9.41. The summed E-state index contributed by atoms with van der Waals surface area (Å²) in [7, 11) is 0. The van der Waals surface area contributed by atoms with E-state index < -0.39 is 5.97 Å².